The summed E-state index contributed by atoms with van der Waals surface area (Å²) in [5.41, 5.74) is 0.286. The fourth-order valence-corrected chi connectivity index (χ4v) is 3.24. The van der Waals surface area contributed by atoms with E-state index in [0.29, 0.717) is 11.7 Å². The number of fused-ring (bicyclic) bond motifs is 1. The van der Waals surface area contributed by atoms with Crippen LogP contribution in [0.1, 0.15) is 53.4 Å². The third-order valence-corrected chi connectivity index (χ3v) is 5.27. The van der Waals surface area contributed by atoms with Crippen LogP contribution in [0.2, 0.25) is 0 Å². The van der Waals surface area contributed by atoms with Crippen molar-refractivity contribution in [1.29, 1.82) is 0 Å². The lowest BCUT2D eigenvalue weighted by molar-refractivity contribution is -0.127. The van der Waals surface area contributed by atoms with Gasteiger partial charge in [0.2, 0.25) is 0 Å². The Kier molecular flexibility index (Phi) is 5.84. The molecule has 0 spiro atoms. The number of allylic oxidation sites excluding steroid dienone is 5. The molecule has 0 bridgehead atoms. The molecule has 4 heteroatoms. The molecule has 0 aromatic heterocycles. The Morgan fingerprint density at radius 2 is 2.12 bits per heavy atom. The number of Topliss-reactive ketones (excluding diaryl/α,β-unsaturated/α-hetero) is 1. The Bertz CT molecular complexity index is 570. The third kappa shape index (κ3) is 4.44. The molecule has 0 amide bonds. The Labute approximate surface area is 144 Å². The quantitative estimate of drug-likeness (QED) is 0.761. The first-order valence-electron chi connectivity index (χ1n) is 8.75. The zero-order valence-electron chi connectivity index (χ0n) is 15.2. The standard InChI is InChI=1S/C20H30O4/c1-14-7-5-9-16(19(3,23)13-21)18(22)15(2)8-6-12-20(4)17(24-20)11-10-14/h5,7-9,16-17,21,23H,6,10-13H2,1-4H3/b9-5+,14-7+,15-8+/t16?,17-,19-,20+/m0/s1. The Morgan fingerprint density at radius 3 is 2.79 bits per heavy atom. The van der Waals surface area contributed by atoms with Crippen molar-refractivity contribution < 1.29 is 19.7 Å². The van der Waals surface area contributed by atoms with E-state index >= 15 is 0 Å². The van der Waals surface area contributed by atoms with Crippen LogP contribution in [0.25, 0.3) is 0 Å². The van der Waals surface area contributed by atoms with Crippen molar-refractivity contribution in [1.82, 2.24) is 0 Å². The number of hydrogen-bond donors (Lipinski definition) is 2. The monoisotopic (exact) mass is 334 g/mol. The summed E-state index contributed by atoms with van der Waals surface area (Å²) in [6.45, 7) is 7.00. The van der Waals surface area contributed by atoms with Crippen molar-refractivity contribution in [2.24, 2.45) is 5.92 Å². The maximum absolute atomic E-state index is 12.7. The smallest absolute Gasteiger partial charge is 0.168 e. The predicted octanol–water partition coefficient (Wildman–Crippen LogP) is 3.10. The van der Waals surface area contributed by atoms with Crippen molar-refractivity contribution in [2.45, 2.75) is 70.7 Å². The summed E-state index contributed by atoms with van der Waals surface area (Å²) in [6.07, 6.45) is 11.3. The molecule has 2 N–H and O–H groups in total. The van der Waals surface area contributed by atoms with Gasteiger partial charge in [0.1, 0.15) is 0 Å². The number of epoxide rings is 1. The molecule has 134 valence electrons. The van der Waals surface area contributed by atoms with Crippen LogP contribution in [-0.2, 0) is 9.53 Å². The number of carbonyl (C=O) groups is 1. The van der Waals surface area contributed by atoms with Gasteiger partial charge in [0.25, 0.3) is 0 Å². The average Bonchev–Trinajstić information content (AvgIpc) is 3.18. The van der Waals surface area contributed by atoms with E-state index in [4.69, 9.17) is 4.74 Å². The summed E-state index contributed by atoms with van der Waals surface area (Å²) in [7, 11) is 0. The first-order valence-corrected chi connectivity index (χ1v) is 8.75. The molecule has 2 rings (SSSR count). The highest BCUT2D eigenvalue weighted by Crippen LogP contribution is 2.43. The van der Waals surface area contributed by atoms with Gasteiger partial charge in [-0.1, -0.05) is 29.9 Å². The molecule has 24 heavy (non-hydrogen) atoms. The van der Waals surface area contributed by atoms with Gasteiger partial charge in [-0.2, -0.15) is 0 Å². The van der Waals surface area contributed by atoms with Gasteiger partial charge in [-0.3, -0.25) is 4.79 Å². The Morgan fingerprint density at radius 1 is 1.42 bits per heavy atom. The minimum Gasteiger partial charge on any atom is -0.393 e. The molecular weight excluding hydrogens is 304 g/mol. The summed E-state index contributed by atoms with van der Waals surface area (Å²) >= 11 is 0. The maximum atomic E-state index is 12.7. The topological polar surface area (TPSA) is 70.1 Å². The fraction of sp³-hybridized carbons (Fsp3) is 0.650. The minimum absolute atomic E-state index is 0.0734. The summed E-state index contributed by atoms with van der Waals surface area (Å²) in [4.78, 5) is 12.7. The van der Waals surface area contributed by atoms with Gasteiger partial charge < -0.3 is 14.9 Å². The summed E-state index contributed by atoms with van der Waals surface area (Å²) in [6, 6.07) is 0. The van der Waals surface area contributed by atoms with Gasteiger partial charge in [-0.05, 0) is 59.0 Å². The van der Waals surface area contributed by atoms with E-state index in [1.807, 2.05) is 18.2 Å². The fourth-order valence-electron chi connectivity index (χ4n) is 3.24. The molecule has 0 saturated carbocycles. The molecule has 1 unspecified atom stereocenters. The lowest BCUT2D eigenvalue weighted by atomic mass is 9.82. The Balaban J connectivity index is 2.28. The van der Waals surface area contributed by atoms with E-state index < -0.39 is 18.1 Å². The van der Waals surface area contributed by atoms with Crippen molar-refractivity contribution >= 4 is 5.78 Å². The molecule has 4 nitrogen and oxygen atoms in total. The first kappa shape index (κ1) is 19.1. The lowest BCUT2D eigenvalue weighted by Gasteiger charge is -2.28. The second-order valence-corrected chi connectivity index (χ2v) is 7.64. The van der Waals surface area contributed by atoms with E-state index in [9.17, 15) is 15.0 Å². The highest BCUT2D eigenvalue weighted by atomic mass is 16.6. The first-order chi connectivity index (χ1) is 11.2. The normalized spacial score (nSPS) is 40.2. The minimum atomic E-state index is -1.47. The number of ketones is 1. The molecule has 0 aromatic rings. The number of aliphatic hydroxyl groups excluding tert-OH is 1. The zero-order valence-corrected chi connectivity index (χ0v) is 15.2. The summed E-state index contributed by atoms with van der Waals surface area (Å²) in [5.74, 6) is -0.905. The van der Waals surface area contributed by atoms with Gasteiger partial charge in [-0.25, -0.2) is 0 Å². The van der Waals surface area contributed by atoms with E-state index in [2.05, 4.69) is 13.8 Å². The van der Waals surface area contributed by atoms with Gasteiger partial charge in [0, 0.05) is 0 Å². The van der Waals surface area contributed by atoms with Crippen LogP contribution in [0, 0.1) is 5.92 Å². The summed E-state index contributed by atoms with van der Waals surface area (Å²) < 4.78 is 5.85. The maximum Gasteiger partial charge on any atom is 0.168 e. The second kappa shape index (κ2) is 7.34. The Hall–Kier alpha value is -1.23. The molecule has 1 aliphatic carbocycles. The molecule has 0 aromatic carbocycles. The SMILES string of the molecule is C/C1=C\C=C\C([C@@](C)(O)CO)C(=O)/C(C)=C/CC[C@@]2(C)O[C@H]2CC1. The van der Waals surface area contributed by atoms with Gasteiger partial charge >= 0.3 is 0 Å². The van der Waals surface area contributed by atoms with Crippen LogP contribution in [0.5, 0.6) is 0 Å². The van der Waals surface area contributed by atoms with E-state index in [1.165, 1.54) is 12.5 Å². The number of hydrogen-bond acceptors (Lipinski definition) is 4. The molecule has 4 atom stereocenters. The van der Waals surface area contributed by atoms with Gasteiger partial charge in [-0.15, -0.1) is 0 Å². The van der Waals surface area contributed by atoms with Crippen LogP contribution in [0.3, 0.4) is 0 Å². The molecule has 1 heterocycles. The highest BCUT2D eigenvalue weighted by molar-refractivity contribution is 5.98. The van der Waals surface area contributed by atoms with Crippen molar-refractivity contribution in [3.05, 3.63) is 35.5 Å². The van der Waals surface area contributed by atoms with Crippen LogP contribution < -0.4 is 0 Å². The molecule has 1 saturated heterocycles. The third-order valence-electron chi connectivity index (χ3n) is 5.27. The van der Waals surface area contributed by atoms with Crippen molar-refractivity contribution in [3.8, 4) is 0 Å². The molecule has 1 fully saturated rings. The largest absolute Gasteiger partial charge is 0.393 e. The predicted molar refractivity (Wildman–Crippen MR) is 94.6 cm³/mol. The molecule has 0 radical (unpaired) electrons. The molecule has 2 aliphatic rings. The number of aliphatic hydroxyl groups is 2. The molecular formula is C20H30O4. The van der Waals surface area contributed by atoms with Crippen LogP contribution in [-0.4, -0.2) is 39.9 Å². The van der Waals surface area contributed by atoms with Crippen LogP contribution >= 0.6 is 0 Å². The van der Waals surface area contributed by atoms with Crippen LogP contribution in [0.15, 0.2) is 35.5 Å². The number of ether oxygens (including phenoxy) is 1. The van der Waals surface area contributed by atoms with E-state index in [1.54, 1.807) is 13.0 Å². The lowest BCUT2D eigenvalue weighted by Crippen LogP contribution is -2.42. The van der Waals surface area contributed by atoms with Crippen molar-refractivity contribution in [2.75, 3.05) is 6.61 Å². The number of rotatable bonds is 2. The average molecular weight is 334 g/mol. The second-order valence-electron chi connectivity index (χ2n) is 7.64. The zero-order chi connectivity index (χ0) is 18.0. The summed E-state index contributed by atoms with van der Waals surface area (Å²) in [5, 5.41) is 19.9. The highest BCUT2D eigenvalue weighted by Gasteiger charge is 2.50. The van der Waals surface area contributed by atoms with Crippen LogP contribution in [0.4, 0.5) is 0 Å². The van der Waals surface area contributed by atoms with E-state index in [-0.39, 0.29) is 11.4 Å². The van der Waals surface area contributed by atoms with E-state index in [0.717, 1.165) is 25.7 Å². The molecule has 1 aliphatic heterocycles. The van der Waals surface area contributed by atoms with Crippen molar-refractivity contribution in [3.63, 3.8) is 0 Å². The van der Waals surface area contributed by atoms with Gasteiger partial charge in [0.15, 0.2) is 5.78 Å². The number of carbonyl (C=O) groups excluding carboxylic acids is 1. The van der Waals surface area contributed by atoms with Gasteiger partial charge in [0.05, 0.1) is 29.8 Å².